The number of sulfonamides is 1. The van der Waals surface area contributed by atoms with Crippen molar-refractivity contribution in [3.05, 3.63) is 53.0 Å². The number of benzene rings is 1. The molecule has 3 aromatic rings. The number of carbonyl (C=O) groups is 1. The highest BCUT2D eigenvalue weighted by Crippen LogP contribution is 2.40. The van der Waals surface area contributed by atoms with E-state index in [0.29, 0.717) is 27.9 Å². The highest BCUT2D eigenvalue weighted by molar-refractivity contribution is 7.92. The maximum Gasteiger partial charge on any atom is 0.305 e. The van der Waals surface area contributed by atoms with Gasteiger partial charge in [-0.25, -0.2) is 22.5 Å². The Bertz CT molecular complexity index is 1470. The third-order valence-corrected chi connectivity index (χ3v) is 6.87. The summed E-state index contributed by atoms with van der Waals surface area (Å²) >= 11 is 0. The van der Waals surface area contributed by atoms with Crippen molar-refractivity contribution in [1.82, 2.24) is 25.2 Å². The van der Waals surface area contributed by atoms with Crippen LogP contribution in [-0.4, -0.2) is 73.4 Å². The van der Waals surface area contributed by atoms with Crippen LogP contribution in [0.25, 0.3) is 17.2 Å². The number of hydrogen-bond acceptors (Lipinski definition) is 9. The van der Waals surface area contributed by atoms with Crippen LogP contribution in [0, 0.1) is 12.7 Å². The molecule has 1 aromatic carbocycles. The van der Waals surface area contributed by atoms with Crippen molar-refractivity contribution in [2.24, 2.45) is 7.05 Å². The molecule has 0 saturated heterocycles. The minimum absolute atomic E-state index is 0.0491. The van der Waals surface area contributed by atoms with Gasteiger partial charge in [0.15, 0.2) is 5.82 Å². The molecule has 2 atom stereocenters. The summed E-state index contributed by atoms with van der Waals surface area (Å²) in [5, 5.41) is 40.4. The van der Waals surface area contributed by atoms with Crippen molar-refractivity contribution in [2.45, 2.75) is 51.7 Å². The topological polar surface area (TPSA) is 172 Å². The molecule has 0 aliphatic carbocycles. The Kier molecular flexibility index (Phi) is 9.14. The Labute approximate surface area is 225 Å². The van der Waals surface area contributed by atoms with Gasteiger partial charge in [0.1, 0.15) is 5.82 Å². The van der Waals surface area contributed by atoms with Gasteiger partial charge in [0.05, 0.1) is 30.6 Å². The van der Waals surface area contributed by atoms with Gasteiger partial charge in [-0.15, -0.1) is 0 Å². The number of halogens is 1. The number of tetrazole rings is 1. The van der Waals surface area contributed by atoms with Crippen LogP contribution in [0.5, 0.6) is 0 Å². The first-order chi connectivity index (χ1) is 18.2. The monoisotopic (exact) mass is 562 g/mol. The number of aliphatic carboxylic acids is 1. The van der Waals surface area contributed by atoms with Crippen molar-refractivity contribution in [2.75, 3.05) is 10.6 Å². The minimum atomic E-state index is -3.98. The summed E-state index contributed by atoms with van der Waals surface area (Å²) in [5.41, 5.74) is 2.51. The standard InChI is InChI=1S/C25H31FN6O6S/c1-14(2)23-20(11-10-18(33)12-19(34)13-21(35)36)22(16-6-8-17(26)9-7-16)15(3)24(27-23)32(39(5,37)38)25-28-29-30-31(25)4/h6-11,14,18-19,33-34H,12-13H2,1-5H3,(H,35,36)/b11-10+/t18-,19-/m1/s1. The number of pyridine rings is 1. The second-order valence-electron chi connectivity index (χ2n) is 9.44. The van der Waals surface area contributed by atoms with E-state index in [1.807, 2.05) is 13.8 Å². The first-order valence-electron chi connectivity index (χ1n) is 12.0. The van der Waals surface area contributed by atoms with Crippen LogP contribution in [0.1, 0.15) is 49.4 Å². The molecule has 0 unspecified atom stereocenters. The Balaban J connectivity index is 2.29. The predicted octanol–water partition coefficient (Wildman–Crippen LogP) is 2.54. The highest BCUT2D eigenvalue weighted by Gasteiger charge is 2.31. The lowest BCUT2D eigenvalue weighted by Crippen LogP contribution is -2.30. The van der Waals surface area contributed by atoms with Crippen LogP contribution in [0.3, 0.4) is 0 Å². The summed E-state index contributed by atoms with van der Waals surface area (Å²) in [7, 11) is -2.49. The predicted molar refractivity (Wildman–Crippen MR) is 142 cm³/mol. The van der Waals surface area contributed by atoms with Crippen LogP contribution < -0.4 is 4.31 Å². The van der Waals surface area contributed by atoms with E-state index >= 15 is 0 Å². The maximum atomic E-state index is 13.8. The number of aromatic nitrogens is 5. The van der Waals surface area contributed by atoms with E-state index in [-0.39, 0.29) is 24.1 Å². The molecule has 0 saturated carbocycles. The molecule has 0 fully saturated rings. The molecule has 12 nitrogen and oxygen atoms in total. The van der Waals surface area contributed by atoms with Gasteiger partial charge in [0.25, 0.3) is 5.95 Å². The summed E-state index contributed by atoms with van der Waals surface area (Å²) in [4.78, 5) is 15.6. The van der Waals surface area contributed by atoms with E-state index < -0.39 is 40.4 Å². The molecule has 210 valence electrons. The van der Waals surface area contributed by atoms with Crippen molar-refractivity contribution >= 4 is 33.8 Å². The van der Waals surface area contributed by atoms with Gasteiger partial charge in [0.2, 0.25) is 10.0 Å². The lowest BCUT2D eigenvalue weighted by atomic mass is 9.90. The quantitative estimate of drug-likeness (QED) is 0.315. The average Bonchev–Trinajstić information content (AvgIpc) is 3.23. The fourth-order valence-electron chi connectivity index (χ4n) is 4.14. The van der Waals surface area contributed by atoms with E-state index in [1.54, 1.807) is 25.1 Å². The number of carboxylic acids is 1. The molecule has 3 N–H and O–H groups in total. The molecule has 0 amide bonds. The lowest BCUT2D eigenvalue weighted by molar-refractivity contribution is -0.139. The van der Waals surface area contributed by atoms with Crippen LogP contribution in [0.2, 0.25) is 0 Å². The summed E-state index contributed by atoms with van der Waals surface area (Å²) in [6, 6.07) is 5.64. The zero-order valence-corrected chi connectivity index (χ0v) is 23.0. The van der Waals surface area contributed by atoms with E-state index in [2.05, 4.69) is 15.5 Å². The zero-order chi connectivity index (χ0) is 29.1. The number of aryl methyl sites for hydroxylation is 1. The summed E-state index contributed by atoms with van der Waals surface area (Å²) in [6.07, 6.45) is 0.827. The third kappa shape index (κ3) is 7.02. The molecule has 0 bridgehead atoms. The summed E-state index contributed by atoms with van der Waals surface area (Å²) in [5.74, 6) is -1.93. The molecular formula is C25H31FN6O6S. The second-order valence-corrected chi connectivity index (χ2v) is 11.3. The minimum Gasteiger partial charge on any atom is -0.481 e. The molecular weight excluding hydrogens is 531 g/mol. The van der Waals surface area contributed by atoms with Gasteiger partial charge in [-0.05, 0) is 46.5 Å². The highest BCUT2D eigenvalue weighted by atomic mass is 32.2. The fourth-order valence-corrected chi connectivity index (χ4v) is 5.08. The zero-order valence-electron chi connectivity index (χ0n) is 22.1. The number of carboxylic acid groups (broad SMARTS) is 1. The summed E-state index contributed by atoms with van der Waals surface area (Å²) < 4.78 is 42.0. The van der Waals surface area contributed by atoms with Crippen molar-refractivity contribution in [3.63, 3.8) is 0 Å². The first kappa shape index (κ1) is 29.8. The van der Waals surface area contributed by atoms with Crippen LogP contribution >= 0.6 is 0 Å². The van der Waals surface area contributed by atoms with Crippen LogP contribution in [0.4, 0.5) is 16.2 Å². The average molecular weight is 563 g/mol. The van der Waals surface area contributed by atoms with Gasteiger partial charge in [-0.1, -0.05) is 43.2 Å². The molecule has 14 heteroatoms. The Morgan fingerprint density at radius 3 is 2.36 bits per heavy atom. The number of anilines is 2. The number of rotatable bonds is 11. The number of hydrogen-bond donors (Lipinski definition) is 3. The van der Waals surface area contributed by atoms with Gasteiger partial charge in [-0.3, -0.25) is 4.79 Å². The SMILES string of the molecule is Cc1c(N(c2nnnn2C)S(C)(=O)=O)nc(C(C)C)c(/C=C/[C@@H](O)C[C@@H](O)CC(=O)O)c1-c1ccc(F)cc1. The molecule has 0 aliphatic rings. The van der Waals surface area contributed by atoms with Crippen LogP contribution in [-0.2, 0) is 21.9 Å². The van der Waals surface area contributed by atoms with Gasteiger partial charge in [-0.2, -0.15) is 4.31 Å². The van der Waals surface area contributed by atoms with Gasteiger partial charge < -0.3 is 15.3 Å². The Hall–Kier alpha value is -3.75. The molecule has 0 radical (unpaired) electrons. The van der Waals surface area contributed by atoms with Crippen molar-refractivity contribution in [3.8, 4) is 11.1 Å². The molecule has 3 rings (SSSR count). The molecule has 2 aromatic heterocycles. The summed E-state index contributed by atoms with van der Waals surface area (Å²) in [6.45, 7) is 5.38. The van der Waals surface area contributed by atoms with Crippen LogP contribution in [0.15, 0.2) is 30.3 Å². The Morgan fingerprint density at radius 2 is 1.85 bits per heavy atom. The van der Waals surface area contributed by atoms with Crippen molar-refractivity contribution in [1.29, 1.82) is 0 Å². The molecule has 2 heterocycles. The largest absolute Gasteiger partial charge is 0.481 e. The smallest absolute Gasteiger partial charge is 0.305 e. The van der Waals surface area contributed by atoms with E-state index in [9.17, 15) is 27.8 Å². The first-order valence-corrected chi connectivity index (χ1v) is 13.8. The van der Waals surface area contributed by atoms with Crippen molar-refractivity contribution < 1.29 is 32.9 Å². The van der Waals surface area contributed by atoms with E-state index in [1.165, 1.54) is 29.9 Å². The lowest BCUT2D eigenvalue weighted by Gasteiger charge is -2.26. The molecule has 0 aliphatic heterocycles. The Morgan fingerprint density at radius 1 is 1.21 bits per heavy atom. The number of aliphatic hydroxyl groups excluding tert-OH is 2. The number of nitrogens with zero attached hydrogens (tertiary/aromatic N) is 6. The molecule has 0 spiro atoms. The second kappa shape index (κ2) is 12.0. The van der Waals surface area contributed by atoms with E-state index in [4.69, 9.17) is 10.1 Å². The maximum absolute atomic E-state index is 13.8. The normalized spacial score (nSPS) is 13.7. The van der Waals surface area contributed by atoms with E-state index in [0.717, 1.165) is 10.6 Å². The molecule has 39 heavy (non-hydrogen) atoms. The third-order valence-electron chi connectivity index (χ3n) is 5.87. The van der Waals surface area contributed by atoms with Gasteiger partial charge in [0, 0.05) is 24.6 Å². The fraction of sp³-hybridized carbons (Fsp3) is 0.400. The number of aliphatic hydroxyl groups is 2. The van der Waals surface area contributed by atoms with Gasteiger partial charge >= 0.3 is 5.97 Å².